The van der Waals surface area contributed by atoms with Crippen molar-refractivity contribution in [2.24, 2.45) is 0 Å². The second-order valence-corrected chi connectivity index (χ2v) is 5.04. The number of hydrogen-bond acceptors (Lipinski definition) is 2. The third-order valence-electron chi connectivity index (χ3n) is 2.71. The molecule has 0 amide bonds. The molecule has 1 aromatic carbocycles. The number of aliphatic hydroxyl groups excluding tert-OH is 1. The van der Waals surface area contributed by atoms with Gasteiger partial charge in [-0.2, -0.15) is 0 Å². The Morgan fingerprint density at radius 1 is 1.29 bits per heavy atom. The lowest BCUT2D eigenvalue weighted by molar-refractivity contribution is 0.182. The summed E-state index contributed by atoms with van der Waals surface area (Å²) in [6, 6.07) is 5.95. The SMILES string of the molecule is CCC(NCCC(C)O)c1ccc(Cl)c(Cl)c1. The van der Waals surface area contributed by atoms with Gasteiger partial charge in [0, 0.05) is 6.04 Å². The summed E-state index contributed by atoms with van der Waals surface area (Å²) in [6.45, 7) is 4.70. The van der Waals surface area contributed by atoms with E-state index in [4.69, 9.17) is 23.2 Å². The quantitative estimate of drug-likeness (QED) is 0.828. The molecule has 0 radical (unpaired) electrons. The molecule has 2 N–H and O–H groups in total. The molecule has 0 aliphatic heterocycles. The summed E-state index contributed by atoms with van der Waals surface area (Å²) in [6.07, 6.45) is 1.45. The molecule has 4 heteroatoms. The van der Waals surface area contributed by atoms with Crippen molar-refractivity contribution in [2.75, 3.05) is 6.54 Å². The summed E-state index contributed by atoms with van der Waals surface area (Å²) in [5, 5.41) is 13.8. The van der Waals surface area contributed by atoms with E-state index in [1.165, 1.54) is 0 Å². The van der Waals surface area contributed by atoms with Gasteiger partial charge < -0.3 is 10.4 Å². The van der Waals surface area contributed by atoms with Crippen LogP contribution in [0.15, 0.2) is 18.2 Å². The van der Waals surface area contributed by atoms with Crippen molar-refractivity contribution in [2.45, 2.75) is 38.8 Å². The monoisotopic (exact) mass is 275 g/mol. The maximum Gasteiger partial charge on any atom is 0.0595 e. The predicted molar refractivity (Wildman–Crippen MR) is 73.8 cm³/mol. The van der Waals surface area contributed by atoms with Gasteiger partial charge in [-0.05, 0) is 44.0 Å². The van der Waals surface area contributed by atoms with Crippen LogP contribution in [-0.2, 0) is 0 Å². The molecule has 96 valence electrons. The van der Waals surface area contributed by atoms with E-state index in [1.54, 1.807) is 6.92 Å². The minimum absolute atomic E-state index is 0.253. The zero-order chi connectivity index (χ0) is 12.8. The molecule has 0 saturated carbocycles. The van der Waals surface area contributed by atoms with Crippen LogP contribution in [0.2, 0.25) is 10.0 Å². The molecule has 0 aliphatic carbocycles. The topological polar surface area (TPSA) is 32.3 Å². The molecule has 0 aromatic heterocycles. The van der Waals surface area contributed by atoms with Crippen molar-refractivity contribution in [1.29, 1.82) is 0 Å². The van der Waals surface area contributed by atoms with Crippen LogP contribution in [0, 0.1) is 0 Å². The molecule has 0 fully saturated rings. The van der Waals surface area contributed by atoms with Gasteiger partial charge in [-0.1, -0.05) is 36.2 Å². The lowest BCUT2D eigenvalue weighted by Gasteiger charge is -2.18. The van der Waals surface area contributed by atoms with Crippen molar-refractivity contribution in [3.63, 3.8) is 0 Å². The van der Waals surface area contributed by atoms with Crippen LogP contribution in [0.25, 0.3) is 0 Å². The Morgan fingerprint density at radius 3 is 2.53 bits per heavy atom. The van der Waals surface area contributed by atoms with Crippen LogP contribution in [-0.4, -0.2) is 17.8 Å². The fourth-order valence-electron chi connectivity index (χ4n) is 1.69. The Hall–Kier alpha value is -0.280. The predicted octanol–water partition coefficient (Wildman–Crippen LogP) is 3.81. The van der Waals surface area contributed by atoms with Gasteiger partial charge in [0.2, 0.25) is 0 Å². The summed E-state index contributed by atoms with van der Waals surface area (Å²) in [5.74, 6) is 0. The highest BCUT2D eigenvalue weighted by Crippen LogP contribution is 2.26. The van der Waals surface area contributed by atoms with E-state index < -0.39 is 0 Å². The molecular weight excluding hydrogens is 257 g/mol. The van der Waals surface area contributed by atoms with E-state index in [0.29, 0.717) is 10.0 Å². The van der Waals surface area contributed by atoms with Crippen LogP contribution in [0.1, 0.15) is 38.3 Å². The van der Waals surface area contributed by atoms with E-state index in [0.717, 1.165) is 24.9 Å². The zero-order valence-corrected chi connectivity index (χ0v) is 11.7. The molecule has 0 saturated heterocycles. The number of rotatable bonds is 6. The first kappa shape index (κ1) is 14.8. The second-order valence-electron chi connectivity index (χ2n) is 4.23. The number of halogens is 2. The summed E-state index contributed by atoms with van der Waals surface area (Å²) in [4.78, 5) is 0. The van der Waals surface area contributed by atoms with Crippen molar-refractivity contribution in [3.05, 3.63) is 33.8 Å². The maximum absolute atomic E-state index is 9.21. The normalized spacial score (nSPS) is 14.6. The molecule has 2 atom stereocenters. The van der Waals surface area contributed by atoms with Crippen LogP contribution < -0.4 is 5.32 Å². The maximum atomic E-state index is 9.21. The average Bonchev–Trinajstić information content (AvgIpc) is 2.28. The molecule has 0 bridgehead atoms. The summed E-state index contributed by atoms with van der Waals surface area (Å²) in [5.41, 5.74) is 1.13. The van der Waals surface area contributed by atoms with Gasteiger partial charge in [0.15, 0.2) is 0 Å². The highest BCUT2D eigenvalue weighted by molar-refractivity contribution is 6.42. The summed E-state index contributed by atoms with van der Waals surface area (Å²) in [7, 11) is 0. The zero-order valence-electron chi connectivity index (χ0n) is 10.2. The Balaban J connectivity index is 2.62. The minimum atomic E-state index is -0.270. The van der Waals surface area contributed by atoms with Crippen molar-refractivity contribution < 1.29 is 5.11 Å². The summed E-state index contributed by atoms with van der Waals surface area (Å²) < 4.78 is 0. The van der Waals surface area contributed by atoms with E-state index in [2.05, 4.69) is 12.2 Å². The van der Waals surface area contributed by atoms with E-state index in [-0.39, 0.29) is 12.1 Å². The first-order valence-corrected chi connectivity index (χ1v) is 6.66. The lowest BCUT2D eigenvalue weighted by atomic mass is 10.0. The molecule has 2 nitrogen and oxygen atoms in total. The first-order valence-electron chi connectivity index (χ1n) is 5.91. The van der Waals surface area contributed by atoms with Gasteiger partial charge in [0.1, 0.15) is 0 Å². The van der Waals surface area contributed by atoms with Crippen LogP contribution in [0.4, 0.5) is 0 Å². The van der Waals surface area contributed by atoms with Crippen LogP contribution >= 0.6 is 23.2 Å². The van der Waals surface area contributed by atoms with E-state index >= 15 is 0 Å². The van der Waals surface area contributed by atoms with Crippen molar-refractivity contribution in [1.82, 2.24) is 5.32 Å². The van der Waals surface area contributed by atoms with Gasteiger partial charge in [0.25, 0.3) is 0 Å². The summed E-state index contributed by atoms with van der Waals surface area (Å²) >= 11 is 11.9. The Bertz CT molecular complexity index is 355. The van der Waals surface area contributed by atoms with Gasteiger partial charge in [-0.25, -0.2) is 0 Å². The Morgan fingerprint density at radius 2 is 2.00 bits per heavy atom. The van der Waals surface area contributed by atoms with Gasteiger partial charge in [0.05, 0.1) is 16.1 Å². The van der Waals surface area contributed by atoms with Gasteiger partial charge in [-0.15, -0.1) is 0 Å². The Labute approximate surface area is 113 Å². The number of aliphatic hydroxyl groups is 1. The Kier molecular flexibility index (Phi) is 6.28. The van der Waals surface area contributed by atoms with E-state index in [9.17, 15) is 5.11 Å². The molecule has 2 unspecified atom stereocenters. The fraction of sp³-hybridized carbons (Fsp3) is 0.538. The molecule has 0 spiro atoms. The minimum Gasteiger partial charge on any atom is -0.393 e. The second kappa shape index (κ2) is 7.22. The molecule has 0 aliphatic rings. The van der Waals surface area contributed by atoms with Crippen molar-refractivity contribution >= 4 is 23.2 Å². The highest BCUT2D eigenvalue weighted by Gasteiger charge is 2.10. The van der Waals surface area contributed by atoms with Crippen LogP contribution in [0.5, 0.6) is 0 Å². The molecule has 1 aromatic rings. The number of benzene rings is 1. The third-order valence-corrected chi connectivity index (χ3v) is 3.45. The largest absolute Gasteiger partial charge is 0.393 e. The molecule has 0 heterocycles. The van der Waals surface area contributed by atoms with Crippen LogP contribution in [0.3, 0.4) is 0 Å². The van der Waals surface area contributed by atoms with Crippen molar-refractivity contribution in [3.8, 4) is 0 Å². The number of nitrogens with one attached hydrogen (secondary N) is 1. The third kappa shape index (κ3) is 4.84. The van der Waals surface area contributed by atoms with Gasteiger partial charge >= 0.3 is 0 Å². The molecule has 17 heavy (non-hydrogen) atoms. The highest BCUT2D eigenvalue weighted by atomic mass is 35.5. The van der Waals surface area contributed by atoms with E-state index in [1.807, 2.05) is 18.2 Å². The smallest absolute Gasteiger partial charge is 0.0595 e. The number of hydrogen-bond donors (Lipinski definition) is 2. The fourth-order valence-corrected chi connectivity index (χ4v) is 2.00. The average molecular weight is 276 g/mol. The first-order chi connectivity index (χ1) is 8.04. The molecular formula is C13H19Cl2NO. The lowest BCUT2D eigenvalue weighted by Crippen LogP contribution is -2.24. The molecule has 1 rings (SSSR count). The standard InChI is InChI=1S/C13H19Cl2NO/c1-3-13(16-7-6-9(2)17)10-4-5-11(14)12(15)8-10/h4-5,8-9,13,16-17H,3,6-7H2,1-2H3. The van der Waals surface area contributed by atoms with Gasteiger partial charge in [-0.3, -0.25) is 0 Å².